The molecule has 1 N–H and O–H groups in total. The van der Waals surface area contributed by atoms with Gasteiger partial charge in [0.1, 0.15) is 37.8 Å². The average molecular weight is 400 g/mol. The van der Waals surface area contributed by atoms with Crippen molar-refractivity contribution in [2.24, 2.45) is 0 Å². The van der Waals surface area contributed by atoms with Crippen molar-refractivity contribution in [1.29, 1.82) is 0 Å². The van der Waals surface area contributed by atoms with Gasteiger partial charge in [-0.05, 0) is 30.3 Å². The van der Waals surface area contributed by atoms with Gasteiger partial charge in [-0.2, -0.15) is 0 Å². The van der Waals surface area contributed by atoms with Crippen LogP contribution >= 0.6 is 0 Å². The molecule has 0 aliphatic heterocycles. The van der Waals surface area contributed by atoms with Crippen LogP contribution in [0.2, 0.25) is 0 Å². The maximum atomic E-state index is 13.0. The van der Waals surface area contributed by atoms with Gasteiger partial charge < -0.3 is 23.4 Å². The van der Waals surface area contributed by atoms with Crippen molar-refractivity contribution < 1.29 is 18.4 Å². The van der Waals surface area contributed by atoms with Crippen LogP contribution in [-0.2, 0) is 0 Å². The third-order valence-corrected chi connectivity index (χ3v) is 4.80. The Morgan fingerprint density at radius 2 is 1.28 bits per heavy atom. The van der Waals surface area contributed by atoms with E-state index in [1.807, 2.05) is 36.4 Å². The van der Waals surface area contributed by atoms with E-state index in [0.29, 0.717) is 24.0 Å². The summed E-state index contributed by atoms with van der Waals surface area (Å²) in [5, 5.41) is 1.29. The Kier molecular flexibility index (Phi) is 5.87. The first kappa shape index (κ1) is 21.1. The quantitative estimate of drug-likeness (QED) is 0.468. The number of nitrogens with zero attached hydrogens (tertiary/aromatic N) is 2. The molecule has 0 amide bonds. The van der Waals surface area contributed by atoms with Crippen molar-refractivity contribution in [2.75, 3.05) is 68.6 Å². The average Bonchev–Trinajstić information content (AvgIpc) is 2.60. The number of rotatable bonds is 8. The molecule has 0 spiro atoms. The molecule has 29 heavy (non-hydrogen) atoms. The number of H-pyrrole nitrogens is 1. The first-order chi connectivity index (χ1) is 13.5. The Morgan fingerprint density at radius 1 is 0.724 bits per heavy atom. The van der Waals surface area contributed by atoms with E-state index in [0.717, 1.165) is 44.6 Å². The second-order valence-corrected chi connectivity index (χ2v) is 9.59. The maximum absolute atomic E-state index is 13.0. The minimum Gasteiger partial charge on any atom is -0.488 e. The molecule has 2 aromatic carbocycles. The fraction of sp³-hybridized carbons (Fsp3) is 0.435. The molecule has 3 aromatic rings. The lowest BCUT2D eigenvalue weighted by Gasteiger charge is -2.23. The lowest BCUT2D eigenvalue weighted by molar-refractivity contribution is -0.870. The Bertz CT molecular complexity index is 1060. The van der Waals surface area contributed by atoms with Gasteiger partial charge in [-0.15, -0.1) is 0 Å². The van der Waals surface area contributed by atoms with Crippen LogP contribution in [-0.4, -0.2) is 82.5 Å². The van der Waals surface area contributed by atoms with Gasteiger partial charge in [0.2, 0.25) is 0 Å². The lowest BCUT2D eigenvalue weighted by Crippen LogP contribution is -2.38. The number of aromatic amines is 1. The van der Waals surface area contributed by atoms with Crippen molar-refractivity contribution in [1.82, 2.24) is 4.98 Å². The number of fused-ring (bicyclic) bond motifs is 2. The topological polar surface area (TPSA) is 51.3 Å². The highest BCUT2D eigenvalue weighted by atomic mass is 16.5. The van der Waals surface area contributed by atoms with Crippen LogP contribution in [0, 0.1) is 0 Å². The van der Waals surface area contributed by atoms with Crippen LogP contribution in [0.3, 0.4) is 0 Å². The van der Waals surface area contributed by atoms with Gasteiger partial charge >= 0.3 is 0 Å². The second kappa shape index (κ2) is 8.05. The first-order valence-electron chi connectivity index (χ1n) is 9.98. The molecule has 0 atom stereocenters. The summed E-state index contributed by atoms with van der Waals surface area (Å²) in [4.78, 5) is 16.4. The van der Waals surface area contributed by atoms with Gasteiger partial charge in [0.25, 0.3) is 0 Å². The van der Waals surface area contributed by atoms with Gasteiger partial charge in [0.05, 0.1) is 53.3 Å². The van der Waals surface area contributed by atoms with Gasteiger partial charge in [-0.25, -0.2) is 0 Å². The Hall–Kier alpha value is -2.57. The van der Waals surface area contributed by atoms with E-state index >= 15 is 0 Å². The van der Waals surface area contributed by atoms with Crippen molar-refractivity contribution >= 4 is 21.8 Å². The SMILES string of the molecule is C[N+](C)(C)CCOc1ccc2c(=O)c3cc(OCC[N+](C)(C)C)ccc3[nH]c2c1. The number of likely N-dealkylation sites (N-methyl/N-ethyl adjacent to an activating group) is 2. The molecule has 156 valence electrons. The maximum Gasteiger partial charge on any atom is 0.197 e. The monoisotopic (exact) mass is 399 g/mol. The third-order valence-electron chi connectivity index (χ3n) is 4.80. The summed E-state index contributed by atoms with van der Waals surface area (Å²) in [5.41, 5.74) is 1.58. The highest BCUT2D eigenvalue weighted by molar-refractivity contribution is 5.93. The third kappa shape index (κ3) is 5.71. The largest absolute Gasteiger partial charge is 0.488 e. The number of aromatic nitrogens is 1. The molecular weight excluding hydrogens is 366 g/mol. The predicted octanol–water partition coefficient (Wildman–Crippen LogP) is 2.85. The summed E-state index contributed by atoms with van der Waals surface area (Å²) < 4.78 is 13.4. The molecule has 6 heteroatoms. The summed E-state index contributed by atoms with van der Waals surface area (Å²) in [5.74, 6) is 1.48. The summed E-state index contributed by atoms with van der Waals surface area (Å²) in [6.07, 6.45) is 0. The predicted molar refractivity (Wildman–Crippen MR) is 119 cm³/mol. The van der Waals surface area contributed by atoms with E-state index in [-0.39, 0.29) is 5.43 Å². The first-order valence-corrected chi connectivity index (χ1v) is 9.98. The van der Waals surface area contributed by atoms with Crippen LogP contribution in [0.25, 0.3) is 21.8 Å². The molecule has 0 bridgehead atoms. The van der Waals surface area contributed by atoms with E-state index in [1.54, 1.807) is 0 Å². The standard InChI is InChI=1S/C23H32N3O3/c1-25(2,3)11-13-28-17-8-10-21-20(15-17)23(27)19-9-7-18(16-22(19)24-21)29-14-12-26(4,5)6/h7-10,15-16H,11-14H2,1-6H3/q+1/p+1. The Balaban J connectivity index is 1.84. The van der Waals surface area contributed by atoms with Gasteiger partial charge in [-0.3, -0.25) is 4.79 Å². The Labute approximate surface area is 172 Å². The zero-order chi connectivity index (χ0) is 21.2. The summed E-state index contributed by atoms with van der Waals surface area (Å²) in [6.45, 7) is 3.03. The normalized spacial score (nSPS) is 12.5. The van der Waals surface area contributed by atoms with Crippen molar-refractivity contribution in [3.63, 3.8) is 0 Å². The van der Waals surface area contributed by atoms with Crippen molar-refractivity contribution in [2.45, 2.75) is 0 Å². The molecule has 1 heterocycles. The molecule has 0 radical (unpaired) electrons. The van der Waals surface area contributed by atoms with E-state index in [9.17, 15) is 4.79 Å². The second-order valence-electron chi connectivity index (χ2n) is 9.59. The zero-order valence-corrected chi connectivity index (χ0v) is 18.4. The number of ether oxygens (including phenoxy) is 2. The van der Waals surface area contributed by atoms with Crippen molar-refractivity contribution in [3.05, 3.63) is 46.6 Å². The van der Waals surface area contributed by atoms with E-state index in [1.165, 1.54) is 0 Å². The minimum absolute atomic E-state index is 0.00344. The molecule has 0 saturated carbocycles. The number of benzene rings is 2. The van der Waals surface area contributed by atoms with E-state index in [2.05, 4.69) is 47.3 Å². The minimum atomic E-state index is 0.00344. The van der Waals surface area contributed by atoms with Gasteiger partial charge in [-0.1, -0.05) is 0 Å². The summed E-state index contributed by atoms with van der Waals surface area (Å²) in [6, 6.07) is 11.2. The fourth-order valence-corrected chi connectivity index (χ4v) is 2.99. The molecule has 3 rings (SSSR count). The number of pyridine rings is 1. The number of nitrogens with one attached hydrogen (secondary N) is 1. The number of hydrogen-bond acceptors (Lipinski definition) is 3. The summed E-state index contributed by atoms with van der Waals surface area (Å²) in [7, 11) is 12.8. The van der Waals surface area contributed by atoms with Crippen molar-refractivity contribution in [3.8, 4) is 11.5 Å². The smallest absolute Gasteiger partial charge is 0.197 e. The molecule has 0 aliphatic rings. The molecule has 1 aromatic heterocycles. The molecule has 6 nitrogen and oxygen atoms in total. The Morgan fingerprint density at radius 3 is 1.86 bits per heavy atom. The van der Waals surface area contributed by atoms with Crippen LogP contribution in [0.5, 0.6) is 11.5 Å². The van der Waals surface area contributed by atoms with Gasteiger partial charge in [0, 0.05) is 16.8 Å². The molecule has 0 fully saturated rings. The molecular formula is C23H33N3O3+2. The highest BCUT2D eigenvalue weighted by Crippen LogP contribution is 2.23. The number of quaternary nitrogens is 2. The van der Waals surface area contributed by atoms with Crippen LogP contribution in [0.4, 0.5) is 0 Å². The number of hydrogen-bond donors (Lipinski definition) is 1. The summed E-state index contributed by atoms with van der Waals surface area (Å²) >= 11 is 0. The molecule has 0 aliphatic carbocycles. The van der Waals surface area contributed by atoms with E-state index in [4.69, 9.17) is 9.47 Å². The van der Waals surface area contributed by atoms with Gasteiger partial charge in [0.15, 0.2) is 5.43 Å². The molecule has 0 saturated heterocycles. The van der Waals surface area contributed by atoms with Crippen LogP contribution < -0.4 is 14.9 Å². The van der Waals surface area contributed by atoms with E-state index < -0.39 is 0 Å². The molecule has 0 unspecified atom stereocenters. The fourth-order valence-electron chi connectivity index (χ4n) is 2.99. The lowest BCUT2D eigenvalue weighted by atomic mass is 10.1. The highest BCUT2D eigenvalue weighted by Gasteiger charge is 2.11. The van der Waals surface area contributed by atoms with Crippen LogP contribution in [0.1, 0.15) is 0 Å². The zero-order valence-electron chi connectivity index (χ0n) is 18.4. The van der Waals surface area contributed by atoms with Crippen LogP contribution in [0.15, 0.2) is 41.2 Å².